The predicted molar refractivity (Wildman–Crippen MR) is 110 cm³/mol. The van der Waals surface area contributed by atoms with Gasteiger partial charge in [-0.15, -0.1) is 0 Å². The fraction of sp³-hybridized carbons (Fsp3) is 0.409. The van der Waals surface area contributed by atoms with Crippen molar-refractivity contribution in [3.05, 3.63) is 60.2 Å². The fourth-order valence-electron chi connectivity index (χ4n) is 3.49. The molecule has 0 aliphatic carbocycles. The van der Waals surface area contributed by atoms with Crippen LogP contribution in [0, 0.1) is 11.6 Å². The van der Waals surface area contributed by atoms with Crippen molar-refractivity contribution in [2.45, 2.75) is 19.1 Å². The monoisotopic (exact) mass is 419 g/mol. The van der Waals surface area contributed by atoms with E-state index < -0.39 is 11.9 Å². The smallest absolute Gasteiger partial charge is 0.238 e. The highest BCUT2D eigenvalue weighted by Gasteiger charge is 2.26. The van der Waals surface area contributed by atoms with E-state index in [4.69, 9.17) is 4.74 Å². The molecule has 1 amide bonds. The Bertz CT molecular complexity index is 835. The zero-order valence-corrected chi connectivity index (χ0v) is 16.9. The van der Waals surface area contributed by atoms with Crippen LogP contribution in [0.15, 0.2) is 48.5 Å². The molecule has 2 atom stereocenters. The van der Waals surface area contributed by atoms with Gasteiger partial charge >= 0.3 is 0 Å². The Labute approximate surface area is 175 Å². The summed E-state index contributed by atoms with van der Waals surface area (Å²) in [7, 11) is 0. The lowest BCUT2D eigenvalue weighted by Crippen LogP contribution is -2.55. The van der Waals surface area contributed by atoms with Crippen LogP contribution in [0.1, 0.15) is 6.92 Å². The van der Waals surface area contributed by atoms with Gasteiger partial charge in [-0.1, -0.05) is 12.1 Å². The number of hydrogen-bond acceptors (Lipinski definition) is 5. The van der Waals surface area contributed by atoms with Crippen molar-refractivity contribution in [2.24, 2.45) is 0 Å². The minimum atomic E-state index is -0.750. The number of aliphatic hydroxyl groups is 1. The third-order valence-corrected chi connectivity index (χ3v) is 5.06. The van der Waals surface area contributed by atoms with Gasteiger partial charge < -0.3 is 15.2 Å². The van der Waals surface area contributed by atoms with Gasteiger partial charge in [-0.2, -0.15) is 0 Å². The number of benzene rings is 2. The van der Waals surface area contributed by atoms with Gasteiger partial charge in [-0.05, 0) is 43.3 Å². The van der Waals surface area contributed by atoms with Crippen LogP contribution in [0.25, 0.3) is 0 Å². The lowest BCUT2D eigenvalue weighted by Gasteiger charge is -2.40. The number of carbonyl (C=O) groups excluding carboxylic acids is 1. The van der Waals surface area contributed by atoms with Crippen molar-refractivity contribution < 1.29 is 23.4 Å². The third-order valence-electron chi connectivity index (χ3n) is 5.06. The number of halogens is 2. The van der Waals surface area contributed by atoms with Gasteiger partial charge in [0.2, 0.25) is 5.91 Å². The second-order valence-electron chi connectivity index (χ2n) is 7.53. The maximum absolute atomic E-state index is 13.6. The van der Waals surface area contributed by atoms with Crippen molar-refractivity contribution in [1.29, 1.82) is 0 Å². The Kier molecular flexibility index (Phi) is 7.73. The number of piperazine rings is 1. The zero-order chi connectivity index (χ0) is 21.5. The van der Waals surface area contributed by atoms with Crippen LogP contribution in [0.3, 0.4) is 0 Å². The van der Waals surface area contributed by atoms with E-state index in [9.17, 15) is 18.7 Å². The SMILES string of the molecule is C[C@H]1CN(CC(=O)Nc2ccc(F)cc2)CCN1C[C@@H](O)COc1ccccc1F. The lowest BCUT2D eigenvalue weighted by atomic mass is 10.1. The number of carbonyl (C=O) groups is 1. The number of nitrogens with one attached hydrogen (secondary N) is 1. The summed E-state index contributed by atoms with van der Waals surface area (Å²) in [6.07, 6.45) is -0.750. The summed E-state index contributed by atoms with van der Waals surface area (Å²) in [5.41, 5.74) is 0.561. The molecule has 0 spiro atoms. The molecule has 0 bridgehead atoms. The topological polar surface area (TPSA) is 65.0 Å². The van der Waals surface area contributed by atoms with Gasteiger partial charge in [-0.3, -0.25) is 14.6 Å². The first kappa shape index (κ1) is 22.1. The third kappa shape index (κ3) is 6.48. The van der Waals surface area contributed by atoms with E-state index >= 15 is 0 Å². The van der Waals surface area contributed by atoms with Crippen LogP contribution in [0.5, 0.6) is 5.75 Å². The summed E-state index contributed by atoms with van der Waals surface area (Å²) in [6.45, 7) is 4.75. The molecule has 2 aromatic rings. The number of para-hydroxylation sites is 1. The quantitative estimate of drug-likeness (QED) is 0.688. The van der Waals surface area contributed by atoms with Gasteiger partial charge in [0.1, 0.15) is 18.5 Å². The van der Waals surface area contributed by atoms with Gasteiger partial charge in [0.15, 0.2) is 11.6 Å². The molecule has 1 aliphatic heterocycles. The molecule has 1 saturated heterocycles. The van der Waals surface area contributed by atoms with Crippen molar-refractivity contribution in [2.75, 3.05) is 44.6 Å². The number of β-amino-alcohol motifs (C(OH)–C–C–N with tert-alkyl or cyclic N) is 1. The summed E-state index contributed by atoms with van der Waals surface area (Å²) < 4.78 is 31.9. The van der Waals surface area contributed by atoms with E-state index in [-0.39, 0.29) is 36.7 Å². The highest BCUT2D eigenvalue weighted by molar-refractivity contribution is 5.92. The molecule has 2 N–H and O–H groups in total. The van der Waals surface area contributed by atoms with Crippen LogP contribution in [0.4, 0.5) is 14.5 Å². The normalized spacial score (nSPS) is 18.7. The molecular formula is C22H27F2N3O3. The first-order valence-electron chi connectivity index (χ1n) is 9.98. The number of anilines is 1. The first-order chi connectivity index (χ1) is 14.4. The number of rotatable bonds is 8. The van der Waals surface area contributed by atoms with Crippen LogP contribution in [-0.2, 0) is 4.79 Å². The maximum Gasteiger partial charge on any atom is 0.238 e. The average Bonchev–Trinajstić information content (AvgIpc) is 2.71. The number of amides is 1. The van der Waals surface area contributed by atoms with E-state index in [0.29, 0.717) is 31.9 Å². The molecule has 0 unspecified atom stereocenters. The molecule has 0 aromatic heterocycles. The van der Waals surface area contributed by atoms with Gasteiger partial charge in [0.25, 0.3) is 0 Å². The second kappa shape index (κ2) is 10.5. The minimum absolute atomic E-state index is 0.00788. The number of aliphatic hydroxyl groups excluding tert-OH is 1. The van der Waals surface area contributed by atoms with E-state index in [1.807, 2.05) is 11.8 Å². The number of ether oxygens (including phenoxy) is 1. The molecule has 162 valence electrons. The molecule has 1 aliphatic rings. The average molecular weight is 419 g/mol. The van der Waals surface area contributed by atoms with Crippen LogP contribution >= 0.6 is 0 Å². The molecule has 6 nitrogen and oxygen atoms in total. The molecule has 8 heteroatoms. The standard InChI is InChI=1S/C22H27F2N3O3/c1-16-12-26(14-22(29)25-18-8-6-17(23)7-9-18)10-11-27(16)13-19(28)15-30-21-5-3-2-4-20(21)24/h2-9,16,19,28H,10-15H2,1H3,(H,25,29)/t16-,19+/m0/s1. The number of nitrogens with zero attached hydrogens (tertiary/aromatic N) is 2. The Morgan fingerprint density at radius 2 is 1.93 bits per heavy atom. The molecule has 1 fully saturated rings. The minimum Gasteiger partial charge on any atom is -0.488 e. The van der Waals surface area contributed by atoms with Gasteiger partial charge in [0, 0.05) is 37.9 Å². The summed E-state index contributed by atoms with van der Waals surface area (Å²) in [4.78, 5) is 16.4. The Hall–Kier alpha value is -2.55. The molecule has 2 aromatic carbocycles. The van der Waals surface area contributed by atoms with Gasteiger partial charge in [0.05, 0.1) is 6.54 Å². The molecule has 3 rings (SSSR count). The van der Waals surface area contributed by atoms with Gasteiger partial charge in [-0.25, -0.2) is 8.78 Å². The van der Waals surface area contributed by atoms with E-state index in [1.54, 1.807) is 12.1 Å². The zero-order valence-electron chi connectivity index (χ0n) is 16.9. The maximum atomic E-state index is 13.6. The highest BCUT2D eigenvalue weighted by atomic mass is 19.1. The van der Waals surface area contributed by atoms with Crippen LogP contribution < -0.4 is 10.1 Å². The molecular weight excluding hydrogens is 392 g/mol. The summed E-state index contributed by atoms with van der Waals surface area (Å²) in [5.74, 6) is -0.827. The Morgan fingerprint density at radius 1 is 1.20 bits per heavy atom. The molecule has 30 heavy (non-hydrogen) atoms. The highest BCUT2D eigenvalue weighted by Crippen LogP contribution is 2.16. The largest absolute Gasteiger partial charge is 0.488 e. The second-order valence-corrected chi connectivity index (χ2v) is 7.53. The molecule has 0 saturated carbocycles. The summed E-state index contributed by atoms with van der Waals surface area (Å²) in [5, 5.41) is 13.0. The van der Waals surface area contributed by atoms with Crippen LogP contribution in [-0.4, -0.2) is 72.3 Å². The Morgan fingerprint density at radius 3 is 2.63 bits per heavy atom. The van der Waals surface area contributed by atoms with E-state index in [0.717, 1.165) is 0 Å². The number of hydrogen-bond donors (Lipinski definition) is 2. The van der Waals surface area contributed by atoms with E-state index in [2.05, 4.69) is 10.2 Å². The van der Waals surface area contributed by atoms with E-state index in [1.165, 1.54) is 36.4 Å². The van der Waals surface area contributed by atoms with Crippen molar-refractivity contribution >= 4 is 11.6 Å². The van der Waals surface area contributed by atoms with Crippen LogP contribution in [0.2, 0.25) is 0 Å². The predicted octanol–water partition coefficient (Wildman–Crippen LogP) is 2.35. The Balaban J connectivity index is 1.40. The molecule has 1 heterocycles. The van der Waals surface area contributed by atoms with Crippen molar-refractivity contribution in [1.82, 2.24) is 9.80 Å². The van der Waals surface area contributed by atoms with Crippen molar-refractivity contribution in [3.8, 4) is 5.75 Å². The molecule has 0 radical (unpaired) electrons. The fourth-order valence-corrected chi connectivity index (χ4v) is 3.49. The summed E-state index contributed by atoms with van der Waals surface area (Å²) in [6, 6.07) is 11.9. The van der Waals surface area contributed by atoms with Crippen molar-refractivity contribution in [3.63, 3.8) is 0 Å². The first-order valence-corrected chi connectivity index (χ1v) is 9.98. The summed E-state index contributed by atoms with van der Waals surface area (Å²) >= 11 is 0. The lowest BCUT2D eigenvalue weighted by molar-refractivity contribution is -0.118.